The lowest BCUT2D eigenvalue weighted by Gasteiger charge is -2.08. The van der Waals surface area contributed by atoms with E-state index in [1.165, 1.54) is 18.2 Å². The number of alkyl halides is 3. The molecule has 0 unspecified atom stereocenters. The maximum atomic E-state index is 11.7. The lowest BCUT2D eigenvalue weighted by Crippen LogP contribution is -2.17. The van der Waals surface area contributed by atoms with Gasteiger partial charge in [-0.1, -0.05) is 0 Å². The average molecular weight is 367 g/mol. The van der Waals surface area contributed by atoms with Crippen LogP contribution in [0.3, 0.4) is 0 Å². The molecule has 1 rings (SSSR count). The molecule has 0 saturated carbocycles. The minimum Gasteiger partial charge on any atom is -0.406 e. The number of benzene rings is 1. The molecule has 0 aromatic heterocycles. The number of hydrogen-bond donors (Lipinski definition) is 0. The number of hydrogen-bond acceptors (Lipinski definition) is 1. The van der Waals surface area contributed by atoms with Crippen LogP contribution in [-0.2, 0) is 0 Å². The summed E-state index contributed by atoms with van der Waals surface area (Å²) in [5.41, 5.74) is 0. The zero-order chi connectivity index (χ0) is 10.1. The summed E-state index contributed by atoms with van der Waals surface area (Å²) in [6, 6.07) is 4.07. The summed E-state index contributed by atoms with van der Waals surface area (Å²) in [6.07, 6.45) is -4.63. The van der Waals surface area contributed by atoms with Crippen molar-refractivity contribution in [3.63, 3.8) is 0 Å². The van der Waals surface area contributed by atoms with E-state index in [0.717, 1.165) is 3.57 Å². The highest BCUT2D eigenvalue weighted by Gasteiger charge is 2.31. The molecule has 0 fully saturated rings. The summed E-state index contributed by atoms with van der Waals surface area (Å²) in [4.78, 5) is 0. The van der Waals surface area contributed by atoms with Crippen molar-refractivity contribution in [2.75, 3.05) is 0 Å². The average Bonchev–Trinajstić information content (AvgIpc) is 1.94. The summed E-state index contributed by atoms with van der Waals surface area (Å²) >= 11 is 5.09. The summed E-state index contributed by atoms with van der Waals surface area (Å²) in [7, 11) is 0. The topological polar surface area (TPSA) is 9.23 Å². The first kappa shape index (κ1) is 11.1. The molecule has 0 aliphatic heterocycles. The number of halogens is 5. The third kappa shape index (κ3) is 3.72. The quantitative estimate of drug-likeness (QED) is 0.684. The Bertz CT molecular complexity index is 313. The van der Waals surface area contributed by atoms with Crippen LogP contribution < -0.4 is 4.74 Å². The predicted octanol–water partition coefficient (Wildman–Crippen LogP) is 3.95. The van der Waals surface area contributed by atoms with Gasteiger partial charge < -0.3 is 4.74 Å². The lowest BCUT2D eigenvalue weighted by molar-refractivity contribution is -0.274. The Morgan fingerprint density at radius 1 is 1.31 bits per heavy atom. The highest BCUT2D eigenvalue weighted by molar-refractivity contribution is 14.1. The van der Waals surface area contributed by atoms with Crippen molar-refractivity contribution in [1.29, 1.82) is 0 Å². The molecule has 6 heteroatoms. The third-order valence-corrected chi connectivity index (χ3v) is 3.46. The molecular weight excluding hydrogens is 364 g/mol. The Morgan fingerprint density at radius 2 is 1.92 bits per heavy atom. The molecular formula is C7H3BrF3IO. The summed E-state index contributed by atoms with van der Waals surface area (Å²) in [5.74, 6) is -0.222. The van der Waals surface area contributed by atoms with Crippen LogP contribution in [0.15, 0.2) is 22.7 Å². The molecule has 0 bridgehead atoms. The van der Waals surface area contributed by atoms with Crippen molar-refractivity contribution in [2.45, 2.75) is 6.36 Å². The van der Waals surface area contributed by atoms with E-state index >= 15 is 0 Å². The Balaban J connectivity index is 2.86. The Hall–Kier alpha value is 0.0200. The summed E-state index contributed by atoms with van der Waals surface area (Å²) in [5, 5.41) is 0. The SMILES string of the molecule is FC(F)(F)Oc1ccc(I)c(Br)c1. The zero-order valence-electron chi connectivity index (χ0n) is 6.03. The molecule has 0 atom stereocenters. The molecule has 0 aliphatic carbocycles. The number of rotatable bonds is 1. The van der Waals surface area contributed by atoms with Crippen molar-refractivity contribution < 1.29 is 17.9 Å². The fourth-order valence-electron chi connectivity index (χ4n) is 0.674. The zero-order valence-corrected chi connectivity index (χ0v) is 9.77. The number of ether oxygens (including phenoxy) is 1. The van der Waals surface area contributed by atoms with E-state index in [9.17, 15) is 13.2 Å². The summed E-state index contributed by atoms with van der Waals surface area (Å²) < 4.78 is 40.3. The Labute approximate surface area is 94.5 Å². The van der Waals surface area contributed by atoms with E-state index in [1.807, 2.05) is 22.6 Å². The first-order chi connectivity index (χ1) is 5.88. The monoisotopic (exact) mass is 366 g/mol. The van der Waals surface area contributed by atoms with Gasteiger partial charge in [-0.05, 0) is 56.7 Å². The maximum absolute atomic E-state index is 11.7. The molecule has 72 valence electrons. The molecule has 13 heavy (non-hydrogen) atoms. The normalized spacial score (nSPS) is 11.5. The van der Waals surface area contributed by atoms with Gasteiger partial charge in [-0.3, -0.25) is 0 Å². The van der Waals surface area contributed by atoms with Crippen LogP contribution in [0.25, 0.3) is 0 Å². The van der Waals surface area contributed by atoms with Crippen molar-refractivity contribution in [2.24, 2.45) is 0 Å². The van der Waals surface area contributed by atoms with Gasteiger partial charge in [0, 0.05) is 8.04 Å². The minimum atomic E-state index is -4.63. The van der Waals surface area contributed by atoms with Crippen molar-refractivity contribution in [3.05, 3.63) is 26.2 Å². The van der Waals surface area contributed by atoms with E-state index in [2.05, 4.69) is 20.7 Å². The van der Waals surface area contributed by atoms with Crippen LogP contribution in [0.1, 0.15) is 0 Å². The molecule has 0 amide bonds. The van der Waals surface area contributed by atoms with Gasteiger partial charge in [-0.25, -0.2) is 0 Å². The Morgan fingerprint density at radius 3 is 2.38 bits per heavy atom. The van der Waals surface area contributed by atoms with Gasteiger partial charge in [0.25, 0.3) is 0 Å². The molecule has 0 spiro atoms. The van der Waals surface area contributed by atoms with E-state index in [-0.39, 0.29) is 5.75 Å². The first-order valence-electron chi connectivity index (χ1n) is 3.09. The van der Waals surface area contributed by atoms with Crippen LogP contribution in [-0.4, -0.2) is 6.36 Å². The molecule has 0 radical (unpaired) electrons. The van der Waals surface area contributed by atoms with Gasteiger partial charge >= 0.3 is 6.36 Å². The maximum Gasteiger partial charge on any atom is 0.573 e. The second-order valence-electron chi connectivity index (χ2n) is 2.12. The van der Waals surface area contributed by atoms with E-state index < -0.39 is 6.36 Å². The van der Waals surface area contributed by atoms with Gasteiger partial charge in [0.15, 0.2) is 0 Å². The molecule has 1 aromatic carbocycles. The van der Waals surface area contributed by atoms with Crippen LogP contribution in [0.4, 0.5) is 13.2 Å². The molecule has 0 heterocycles. The highest BCUT2D eigenvalue weighted by Crippen LogP contribution is 2.28. The third-order valence-electron chi connectivity index (χ3n) is 1.12. The van der Waals surface area contributed by atoms with Gasteiger partial charge in [0.2, 0.25) is 0 Å². The van der Waals surface area contributed by atoms with E-state index in [1.54, 1.807) is 0 Å². The lowest BCUT2D eigenvalue weighted by atomic mass is 10.3. The minimum absolute atomic E-state index is 0.222. The fourth-order valence-corrected chi connectivity index (χ4v) is 1.37. The smallest absolute Gasteiger partial charge is 0.406 e. The van der Waals surface area contributed by atoms with Crippen molar-refractivity contribution in [1.82, 2.24) is 0 Å². The largest absolute Gasteiger partial charge is 0.573 e. The molecule has 1 nitrogen and oxygen atoms in total. The molecule has 0 aliphatic rings. The first-order valence-corrected chi connectivity index (χ1v) is 4.96. The predicted molar refractivity (Wildman–Crippen MR) is 53.5 cm³/mol. The van der Waals surface area contributed by atoms with Gasteiger partial charge in [0.05, 0.1) is 0 Å². The van der Waals surface area contributed by atoms with Crippen LogP contribution in [0.2, 0.25) is 0 Å². The van der Waals surface area contributed by atoms with Crippen molar-refractivity contribution in [3.8, 4) is 5.75 Å². The van der Waals surface area contributed by atoms with Gasteiger partial charge in [0.1, 0.15) is 5.75 Å². The standard InChI is InChI=1S/C7H3BrF3IO/c8-5-3-4(1-2-6(5)12)13-7(9,10)11/h1-3H. The van der Waals surface area contributed by atoms with Gasteiger partial charge in [-0.2, -0.15) is 0 Å². The van der Waals surface area contributed by atoms with Gasteiger partial charge in [-0.15, -0.1) is 13.2 Å². The second-order valence-corrected chi connectivity index (χ2v) is 4.14. The van der Waals surface area contributed by atoms with E-state index in [4.69, 9.17) is 0 Å². The second kappa shape index (κ2) is 4.04. The Kier molecular flexibility index (Phi) is 3.44. The highest BCUT2D eigenvalue weighted by atomic mass is 127. The van der Waals surface area contributed by atoms with Crippen molar-refractivity contribution >= 4 is 38.5 Å². The van der Waals surface area contributed by atoms with E-state index in [0.29, 0.717) is 4.47 Å². The van der Waals surface area contributed by atoms with Crippen LogP contribution >= 0.6 is 38.5 Å². The summed E-state index contributed by atoms with van der Waals surface area (Å²) in [6.45, 7) is 0. The fraction of sp³-hybridized carbons (Fsp3) is 0.143. The molecule has 0 saturated heterocycles. The van der Waals surface area contributed by atoms with Crippen LogP contribution in [0, 0.1) is 3.57 Å². The molecule has 1 aromatic rings. The molecule has 0 N–H and O–H groups in total. The van der Waals surface area contributed by atoms with Crippen LogP contribution in [0.5, 0.6) is 5.75 Å².